The highest BCUT2D eigenvalue weighted by molar-refractivity contribution is 6.08. The number of benzene rings is 2. The first kappa shape index (κ1) is 21.0. The van der Waals surface area contributed by atoms with Gasteiger partial charge in [0, 0.05) is 5.69 Å². The van der Waals surface area contributed by atoms with Crippen molar-refractivity contribution in [3.63, 3.8) is 0 Å². The van der Waals surface area contributed by atoms with Crippen molar-refractivity contribution in [1.29, 1.82) is 0 Å². The molecule has 0 atom stereocenters. The number of nitrogens with one attached hydrogen (secondary N) is 1. The third kappa shape index (κ3) is 4.65. The Labute approximate surface area is 170 Å². The molecule has 8 heteroatoms. The predicted molar refractivity (Wildman–Crippen MR) is 108 cm³/mol. The molecule has 0 aliphatic rings. The van der Waals surface area contributed by atoms with Crippen LogP contribution in [0.5, 0.6) is 0 Å². The Hall–Kier alpha value is -3.68. The number of hydrogen-bond acceptors (Lipinski definition) is 3. The Morgan fingerprint density at radius 3 is 2.40 bits per heavy atom. The molecular formula is C22H18F3N3O2. The van der Waals surface area contributed by atoms with Crippen LogP contribution in [-0.2, 0) is 4.79 Å². The summed E-state index contributed by atoms with van der Waals surface area (Å²) in [5.41, 5.74) is 2.98. The number of anilines is 1. The van der Waals surface area contributed by atoms with Gasteiger partial charge in [0.15, 0.2) is 5.78 Å². The molecule has 154 valence electrons. The third-order valence-corrected chi connectivity index (χ3v) is 4.37. The van der Waals surface area contributed by atoms with E-state index >= 15 is 0 Å². The van der Waals surface area contributed by atoms with Gasteiger partial charge in [-0.05, 0) is 49.8 Å². The van der Waals surface area contributed by atoms with Gasteiger partial charge < -0.3 is 5.32 Å². The number of para-hydroxylation sites is 1. The predicted octanol–water partition coefficient (Wildman–Crippen LogP) is 4.89. The SMILES string of the molecule is Cc1nn(-c2ccccc2)c(C)c1C(=O)C=Cc1cccc(NC(=O)C(F)(F)F)c1. The minimum atomic E-state index is -4.98. The Kier molecular flexibility index (Phi) is 5.86. The molecule has 0 radical (unpaired) electrons. The molecule has 2 aromatic carbocycles. The maximum atomic E-state index is 12.7. The molecular weight excluding hydrogens is 395 g/mol. The monoisotopic (exact) mass is 413 g/mol. The van der Waals surface area contributed by atoms with Crippen molar-refractivity contribution in [2.75, 3.05) is 5.32 Å². The number of aryl methyl sites for hydroxylation is 1. The first-order chi connectivity index (χ1) is 14.2. The molecule has 3 aromatic rings. The number of carbonyl (C=O) groups excluding carboxylic acids is 2. The smallest absolute Gasteiger partial charge is 0.318 e. The normalized spacial score (nSPS) is 11.6. The second-order valence-electron chi connectivity index (χ2n) is 6.57. The zero-order chi connectivity index (χ0) is 21.9. The van der Waals surface area contributed by atoms with Crippen molar-refractivity contribution in [2.24, 2.45) is 0 Å². The van der Waals surface area contributed by atoms with E-state index in [1.54, 1.807) is 29.9 Å². The van der Waals surface area contributed by atoms with Crippen LogP contribution < -0.4 is 5.32 Å². The van der Waals surface area contributed by atoms with Crippen molar-refractivity contribution in [3.05, 3.63) is 83.2 Å². The van der Waals surface area contributed by atoms with E-state index in [4.69, 9.17) is 0 Å². The molecule has 1 N–H and O–H groups in total. The van der Waals surface area contributed by atoms with Crippen LogP contribution in [-0.4, -0.2) is 27.6 Å². The molecule has 0 fully saturated rings. The molecule has 0 unspecified atom stereocenters. The van der Waals surface area contributed by atoms with Gasteiger partial charge in [-0.2, -0.15) is 18.3 Å². The molecule has 0 aliphatic carbocycles. The molecule has 1 aromatic heterocycles. The number of ketones is 1. The Morgan fingerprint density at radius 1 is 1.03 bits per heavy atom. The second kappa shape index (κ2) is 8.36. The maximum absolute atomic E-state index is 12.7. The van der Waals surface area contributed by atoms with Crippen LogP contribution in [0.4, 0.5) is 18.9 Å². The fraction of sp³-hybridized carbons (Fsp3) is 0.136. The summed E-state index contributed by atoms with van der Waals surface area (Å²) in [6.07, 6.45) is -2.17. The summed E-state index contributed by atoms with van der Waals surface area (Å²) in [4.78, 5) is 23.8. The molecule has 3 rings (SSSR count). The van der Waals surface area contributed by atoms with Crippen LogP contribution in [0.3, 0.4) is 0 Å². The highest BCUT2D eigenvalue weighted by Crippen LogP contribution is 2.21. The van der Waals surface area contributed by atoms with Gasteiger partial charge >= 0.3 is 12.1 Å². The van der Waals surface area contributed by atoms with Gasteiger partial charge in [-0.3, -0.25) is 9.59 Å². The van der Waals surface area contributed by atoms with Crippen molar-refractivity contribution >= 4 is 23.5 Å². The number of hydrogen-bond donors (Lipinski definition) is 1. The highest BCUT2D eigenvalue weighted by Gasteiger charge is 2.38. The van der Waals surface area contributed by atoms with E-state index in [0.29, 0.717) is 22.5 Å². The van der Waals surface area contributed by atoms with E-state index in [0.717, 1.165) is 5.69 Å². The molecule has 5 nitrogen and oxygen atoms in total. The van der Waals surface area contributed by atoms with Gasteiger partial charge in [0.1, 0.15) is 0 Å². The molecule has 0 saturated heterocycles. The molecule has 1 heterocycles. The van der Waals surface area contributed by atoms with Gasteiger partial charge in [0.05, 0.1) is 22.6 Å². The number of aromatic nitrogens is 2. The fourth-order valence-electron chi connectivity index (χ4n) is 3.00. The Morgan fingerprint density at radius 2 is 1.73 bits per heavy atom. The lowest BCUT2D eigenvalue weighted by molar-refractivity contribution is -0.167. The second-order valence-corrected chi connectivity index (χ2v) is 6.57. The lowest BCUT2D eigenvalue weighted by atomic mass is 10.1. The Bertz CT molecular complexity index is 1120. The number of nitrogens with zero attached hydrogens (tertiary/aromatic N) is 2. The van der Waals surface area contributed by atoms with E-state index < -0.39 is 12.1 Å². The van der Waals surface area contributed by atoms with Crippen LogP contribution in [0.25, 0.3) is 11.8 Å². The third-order valence-electron chi connectivity index (χ3n) is 4.37. The van der Waals surface area contributed by atoms with Gasteiger partial charge in [0.25, 0.3) is 0 Å². The quantitative estimate of drug-likeness (QED) is 0.479. The van der Waals surface area contributed by atoms with E-state index in [2.05, 4.69) is 5.10 Å². The Balaban J connectivity index is 1.81. The van der Waals surface area contributed by atoms with Crippen LogP contribution in [0, 0.1) is 13.8 Å². The van der Waals surface area contributed by atoms with Gasteiger partial charge in [-0.25, -0.2) is 4.68 Å². The van der Waals surface area contributed by atoms with Gasteiger partial charge in [-0.1, -0.05) is 36.4 Å². The first-order valence-electron chi connectivity index (χ1n) is 8.99. The fourth-order valence-corrected chi connectivity index (χ4v) is 3.00. The summed E-state index contributed by atoms with van der Waals surface area (Å²) >= 11 is 0. The van der Waals surface area contributed by atoms with E-state index in [1.165, 1.54) is 30.4 Å². The minimum Gasteiger partial charge on any atom is -0.318 e. The van der Waals surface area contributed by atoms with Crippen LogP contribution in [0.1, 0.15) is 27.3 Å². The van der Waals surface area contributed by atoms with Crippen molar-refractivity contribution in [3.8, 4) is 5.69 Å². The number of carbonyl (C=O) groups is 2. The number of allylic oxidation sites excluding steroid dienone is 1. The summed E-state index contributed by atoms with van der Waals surface area (Å²) in [6.45, 7) is 3.53. The standard InChI is InChI=1S/C22H18F3N3O2/c1-14-20(15(2)28(27-14)18-9-4-3-5-10-18)19(29)12-11-16-7-6-8-17(13-16)26-21(30)22(23,24)25/h3-13H,1-2H3,(H,26,30). The lowest BCUT2D eigenvalue weighted by Crippen LogP contribution is -2.29. The van der Waals surface area contributed by atoms with E-state index in [9.17, 15) is 22.8 Å². The van der Waals surface area contributed by atoms with E-state index in [1.807, 2.05) is 30.3 Å². The van der Waals surface area contributed by atoms with Crippen LogP contribution in [0.15, 0.2) is 60.7 Å². The molecule has 0 bridgehead atoms. The maximum Gasteiger partial charge on any atom is 0.471 e. The molecule has 1 amide bonds. The summed E-state index contributed by atoms with van der Waals surface area (Å²) in [5.74, 6) is -2.34. The first-order valence-corrected chi connectivity index (χ1v) is 8.99. The minimum absolute atomic E-state index is 0.0174. The average molecular weight is 413 g/mol. The largest absolute Gasteiger partial charge is 0.471 e. The lowest BCUT2D eigenvalue weighted by Gasteiger charge is -2.08. The zero-order valence-corrected chi connectivity index (χ0v) is 16.2. The molecule has 0 aliphatic heterocycles. The highest BCUT2D eigenvalue weighted by atomic mass is 19.4. The number of halogens is 3. The summed E-state index contributed by atoms with van der Waals surface area (Å²) in [6, 6.07) is 15.2. The van der Waals surface area contributed by atoms with Gasteiger partial charge in [0.2, 0.25) is 0 Å². The summed E-state index contributed by atoms with van der Waals surface area (Å²) in [5, 5.41) is 6.22. The van der Waals surface area contributed by atoms with Crippen molar-refractivity contribution in [1.82, 2.24) is 9.78 Å². The van der Waals surface area contributed by atoms with E-state index in [-0.39, 0.29) is 11.5 Å². The summed E-state index contributed by atoms with van der Waals surface area (Å²) < 4.78 is 38.9. The number of amides is 1. The molecule has 0 saturated carbocycles. The zero-order valence-electron chi connectivity index (χ0n) is 16.2. The summed E-state index contributed by atoms with van der Waals surface area (Å²) in [7, 11) is 0. The van der Waals surface area contributed by atoms with Crippen LogP contribution in [0.2, 0.25) is 0 Å². The molecule has 30 heavy (non-hydrogen) atoms. The van der Waals surface area contributed by atoms with Crippen molar-refractivity contribution in [2.45, 2.75) is 20.0 Å². The molecule has 0 spiro atoms. The topological polar surface area (TPSA) is 64.0 Å². The van der Waals surface area contributed by atoms with Crippen LogP contribution >= 0.6 is 0 Å². The number of alkyl halides is 3. The van der Waals surface area contributed by atoms with Gasteiger partial charge in [-0.15, -0.1) is 0 Å². The number of rotatable bonds is 5. The average Bonchev–Trinajstić information content (AvgIpc) is 3.00. The van der Waals surface area contributed by atoms with Crippen molar-refractivity contribution < 1.29 is 22.8 Å².